The summed E-state index contributed by atoms with van der Waals surface area (Å²) in [7, 11) is -3.65. The molecule has 0 N–H and O–H groups in total. The van der Waals surface area contributed by atoms with Gasteiger partial charge >= 0.3 is 11.7 Å². The van der Waals surface area contributed by atoms with E-state index in [9.17, 15) is 23.3 Å². The van der Waals surface area contributed by atoms with Gasteiger partial charge in [0.25, 0.3) is 0 Å². The first-order valence-corrected chi connectivity index (χ1v) is 8.62. The van der Waals surface area contributed by atoms with Crippen LogP contribution >= 0.6 is 0 Å². The number of ether oxygens (including phenoxy) is 1. The van der Waals surface area contributed by atoms with Crippen LogP contribution < -0.4 is 4.74 Å². The van der Waals surface area contributed by atoms with Gasteiger partial charge in [0.15, 0.2) is 9.84 Å². The van der Waals surface area contributed by atoms with Crippen LogP contribution in [0.15, 0.2) is 23.1 Å². The van der Waals surface area contributed by atoms with Gasteiger partial charge in [-0.3, -0.25) is 14.9 Å². The SMILES string of the molecule is CC(C)S(=O)(=O)c1ccc(OC(=O)CC(C)(C)C)c([N+](=O)[O-])c1. The van der Waals surface area contributed by atoms with Gasteiger partial charge in [0.1, 0.15) is 0 Å². The van der Waals surface area contributed by atoms with Crippen LogP contribution in [0, 0.1) is 15.5 Å². The van der Waals surface area contributed by atoms with E-state index in [1.165, 1.54) is 19.9 Å². The molecule has 0 atom stereocenters. The standard InChI is InChI=1S/C15H21NO6S/c1-10(2)23(20,21)11-6-7-13(12(8-11)16(18)19)22-14(17)9-15(3,4)5/h6-8,10H,9H2,1-5H3. The van der Waals surface area contributed by atoms with Gasteiger partial charge in [0, 0.05) is 6.07 Å². The molecule has 0 aliphatic carbocycles. The fraction of sp³-hybridized carbons (Fsp3) is 0.533. The lowest BCUT2D eigenvalue weighted by Gasteiger charge is -2.16. The van der Waals surface area contributed by atoms with Crippen molar-refractivity contribution in [3.8, 4) is 5.75 Å². The third-order valence-electron chi connectivity index (χ3n) is 2.97. The summed E-state index contributed by atoms with van der Waals surface area (Å²) in [4.78, 5) is 22.1. The van der Waals surface area contributed by atoms with Gasteiger partial charge in [0.05, 0.1) is 21.5 Å². The first kappa shape index (κ1) is 19.1. The summed E-state index contributed by atoms with van der Waals surface area (Å²) < 4.78 is 29.2. The summed E-state index contributed by atoms with van der Waals surface area (Å²) in [5.41, 5.74) is -0.874. The lowest BCUT2D eigenvalue weighted by Crippen LogP contribution is -2.18. The van der Waals surface area contributed by atoms with E-state index >= 15 is 0 Å². The van der Waals surface area contributed by atoms with Gasteiger partial charge in [-0.1, -0.05) is 20.8 Å². The average Bonchev–Trinajstić information content (AvgIpc) is 2.35. The van der Waals surface area contributed by atoms with Crippen LogP contribution in [0.4, 0.5) is 5.69 Å². The van der Waals surface area contributed by atoms with Crippen LogP contribution in [0.2, 0.25) is 0 Å². The van der Waals surface area contributed by atoms with E-state index in [1.807, 2.05) is 20.8 Å². The molecule has 7 nitrogen and oxygen atoms in total. The number of nitro benzene ring substituents is 1. The van der Waals surface area contributed by atoms with Crippen molar-refractivity contribution in [1.29, 1.82) is 0 Å². The molecule has 128 valence electrons. The number of rotatable bonds is 5. The van der Waals surface area contributed by atoms with Gasteiger partial charge in [-0.2, -0.15) is 0 Å². The molecule has 0 aromatic heterocycles. The Bertz CT molecular complexity index is 716. The maximum absolute atomic E-state index is 12.1. The van der Waals surface area contributed by atoms with Crippen molar-refractivity contribution in [2.45, 2.75) is 51.2 Å². The molecular weight excluding hydrogens is 322 g/mol. The van der Waals surface area contributed by atoms with Crippen LogP contribution in [0.1, 0.15) is 41.0 Å². The highest BCUT2D eigenvalue weighted by Crippen LogP contribution is 2.32. The zero-order valence-corrected chi connectivity index (χ0v) is 14.6. The Labute approximate surface area is 135 Å². The number of carbonyl (C=O) groups excluding carboxylic acids is 1. The Kier molecular flexibility index (Phi) is 5.52. The highest BCUT2D eigenvalue weighted by molar-refractivity contribution is 7.92. The molecule has 0 heterocycles. The molecule has 1 rings (SSSR count). The second kappa shape index (κ2) is 6.66. The molecular formula is C15H21NO6S. The smallest absolute Gasteiger partial charge is 0.312 e. The van der Waals surface area contributed by atoms with E-state index in [0.717, 1.165) is 12.1 Å². The maximum atomic E-state index is 12.1. The minimum atomic E-state index is -3.65. The molecule has 0 aliphatic heterocycles. The minimum Gasteiger partial charge on any atom is -0.419 e. The van der Waals surface area contributed by atoms with Gasteiger partial charge in [-0.05, 0) is 31.4 Å². The average molecular weight is 343 g/mol. The highest BCUT2D eigenvalue weighted by atomic mass is 32.2. The van der Waals surface area contributed by atoms with Gasteiger partial charge < -0.3 is 4.74 Å². The molecule has 0 aliphatic rings. The monoisotopic (exact) mass is 343 g/mol. The zero-order valence-electron chi connectivity index (χ0n) is 13.8. The van der Waals surface area contributed by atoms with Gasteiger partial charge in [-0.15, -0.1) is 0 Å². The first-order valence-electron chi connectivity index (χ1n) is 7.07. The number of hydrogen-bond donors (Lipinski definition) is 0. The fourth-order valence-electron chi connectivity index (χ4n) is 1.77. The zero-order chi connectivity index (χ0) is 18.0. The van der Waals surface area contributed by atoms with E-state index in [4.69, 9.17) is 4.74 Å². The van der Waals surface area contributed by atoms with Gasteiger partial charge in [-0.25, -0.2) is 8.42 Å². The Balaban J connectivity index is 3.22. The quantitative estimate of drug-likeness (QED) is 0.352. The number of nitrogens with zero attached hydrogens (tertiary/aromatic N) is 1. The molecule has 0 radical (unpaired) electrons. The predicted molar refractivity (Wildman–Crippen MR) is 85.1 cm³/mol. The van der Waals surface area contributed by atoms with E-state index < -0.39 is 31.7 Å². The number of benzene rings is 1. The number of sulfone groups is 1. The number of carbonyl (C=O) groups is 1. The van der Waals surface area contributed by atoms with Crippen LogP contribution in [0.5, 0.6) is 5.75 Å². The van der Waals surface area contributed by atoms with E-state index in [0.29, 0.717) is 0 Å². The second-order valence-corrected chi connectivity index (χ2v) is 9.20. The normalized spacial score (nSPS) is 12.3. The third-order valence-corrected chi connectivity index (χ3v) is 5.13. The summed E-state index contributed by atoms with van der Waals surface area (Å²) in [5.74, 6) is -0.868. The van der Waals surface area contributed by atoms with Crippen molar-refractivity contribution in [3.63, 3.8) is 0 Å². The maximum Gasteiger partial charge on any atom is 0.312 e. The molecule has 0 saturated carbocycles. The van der Waals surface area contributed by atoms with Crippen LogP contribution in [0.3, 0.4) is 0 Å². The van der Waals surface area contributed by atoms with E-state index in [-0.39, 0.29) is 22.5 Å². The topological polar surface area (TPSA) is 104 Å². The summed E-state index contributed by atoms with van der Waals surface area (Å²) in [6.45, 7) is 8.47. The van der Waals surface area contributed by atoms with Crippen molar-refractivity contribution < 1.29 is 22.9 Å². The van der Waals surface area contributed by atoms with Gasteiger partial charge in [0.2, 0.25) is 5.75 Å². The largest absolute Gasteiger partial charge is 0.419 e. The Morgan fingerprint density at radius 3 is 2.30 bits per heavy atom. The molecule has 0 spiro atoms. The first-order chi connectivity index (χ1) is 10.3. The van der Waals surface area contributed by atoms with Crippen LogP contribution in [-0.4, -0.2) is 24.6 Å². The molecule has 8 heteroatoms. The lowest BCUT2D eigenvalue weighted by molar-refractivity contribution is -0.385. The van der Waals surface area contributed by atoms with Crippen LogP contribution in [0.25, 0.3) is 0 Å². The molecule has 0 fully saturated rings. The van der Waals surface area contributed by atoms with Crippen molar-refractivity contribution >= 4 is 21.5 Å². The molecule has 0 saturated heterocycles. The number of hydrogen-bond acceptors (Lipinski definition) is 6. The Hall–Kier alpha value is -1.96. The van der Waals surface area contributed by atoms with Crippen molar-refractivity contribution in [2.24, 2.45) is 5.41 Å². The second-order valence-electron chi connectivity index (χ2n) is 6.69. The molecule has 0 amide bonds. The highest BCUT2D eigenvalue weighted by Gasteiger charge is 2.26. The molecule has 1 aromatic carbocycles. The number of esters is 1. The van der Waals surface area contributed by atoms with E-state index in [1.54, 1.807) is 0 Å². The lowest BCUT2D eigenvalue weighted by atomic mass is 9.92. The molecule has 0 bridgehead atoms. The van der Waals surface area contributed by atoms with Crippen molar-refractivity contribution in [1.82, 2.24) is 0 Å². The summed E-state index contributed by atoms with van der Waals surface area (Å²) >= 11 is 0. The summed E-state index contributed by atoms with van der Waals surface area (Å²) in [6, 6.07) is 3.28. The number of nitro groups is 1. The summed E-state index contributed by atoms with van der Waals surface area (Å²) in [5, 5.41) is 10.4. The third kappa shape index (κ3) is 5.02. The fourth-order valence-corrected chi connectivity index (χ4v) is 2.84. The Morgan fingerprint density at radius 1 is 1.30 bits per heavy atom. The minimum absolute atomic E-state index is 0.0796. The summed E-state index contributed by atoms with van der Waals surface area (Å²) in [6.07, 6.45) is 0.0796. The molecule has 23 heavy (non-hydrogen) atoms. The van der Waals surface area contributed by atoms with E-state index in [2.05, 4.69) is 0 Å². The molecule has 0 unspecified atom stereocenters. The molecule has 1 aromatic rings. The van der Waals surface area contributed by atoms with Crippen molar-refractivity contribution in [3.05, 3.63) is 28.3 Å². The van der Waals surface area contributed by atoms with Crippen LogP contribution in [-0.2, 0) is 14.6 Å². The predicted octanol–water partition coefficient (Wildman–Crippen LogP) is 3.12. The Morgan fingerprint density at radius 2 is 1.87 bits per heavy atom. The van der Waals surface area contributed by atoms with Crippen molar-refractivity contribution in [2.75, 3.05) is 0 Å².